The van der Waals surface area contributed by atoms with Gasteiger partial charge in [0.05, 0.1) is 10.6 Å². The van der Waals surface area contributed by atoms with E-state index in [1.807, 2.05) is 86.8 Å². The molecule has 0 radical (unpaired) electrons. The number of nitrogens with zero attached hydrogens (tertiary/aromatic N) is 2. The summed E-state index contributed by atoms with van der Waals surface area (Å²) in [6.07, 6.45) is 6.15. The molecular weight excluding hydrogens is 627 g/mol. The fourth-order valence-corrected chi connectivity index (χ4v) is 7.87. The highest BCUT2D eigenvalue weighted by Crippen LogP contribution is 2.27. The highest BCUT2D eigenvalue weighted by Gasteiger charge is 2.35. The summed E-state index contributed by atoms with van der Waals surface area (Å²) in [4.78, 5) is 31.4. The van der Waals surface area contributed by atoms with Crippen molar-refractivity contribution in [3.8, 4) is 0 Å². The van der Waals surface area contributed by atoms with Crippen LogP contribution >= 0.6 is 11.8 Å². The maximum atomic E-state index is 14.7. The van der Waals surface area contributed by atoms with Gasteiger partial charge in [0.2, 0.25) is 11.8 Å². The Morgan fingerprint density at radius 2 is 1.49 bits per heavy atom. The van der Waals surface area contributed by atoms with Gasteiger partial charge in [-0.25, -0.2) is 8.42 Å². The molecule has 1 aliphatic carbocycles. The van der Waals surface area contributed by atoms with Crippen molar-refractivity contribution in [2.24, 2.45) is 0 Å². The quantitative estimate of drug-likeness (QED) is 0.156. The number of hydrogen-bond donors (Lipinski definition) is 1. The maximum absolute atomic E-state index is 14.7. The topological polar surface area (TPSA) is 86.8 Å². The van der Waals surface area contributed by atoms with Crippen molar-refractivity contribution in [2.75, 3.05) is 17.1 Å². The van der Waals surface area contributed by atoms with Crippen molar-refractivity contribution in [1.29, 1.82) is 0 Å². The minimum absolute atomic E-state index is 0.0605. The predicted octanol–water partition coefficient (Wildman–Crippen LogP) is 6.92. The molecule has 9 heteroatoms. The Morgan fingerprint density at radius 1 is 0.830 bits per heavy atom. The number of thioether (sulfide) groups is 1. The van der Waals surface area contributed by atoms with Crippen molar-refractivity contribution in [3.05, 3.63) is 125 Å². The summed E-state index contributed by atoms with van der Waals surface area (Å²) < 4.78 is 29.7. The summed E-state index contributed by atoms with van der Waals surface area (Å²) >= 11 is 1.52. The summed E-state index contributed by atoms with van der Waals surface area (Å²) in [5.74, 6) is -0.682. The third kappa shape index (κ3) is 8.84. The molecule has 0 aromatic heterocycles. The molecule has 4 aromatic rings. The number of nitrogens with one attached hydrogen (secondary N) is 1. The normalized spacial score (nSPS) is 14.0. The molecule has 7 nitrogen and oxygen atoms in total. The molecule has 47 heavy (non-hydrogen) atoms. The van der Waals surface area contributed by atoms with E-state index >= 15 is 0 Å². The van der Waals surface area contributed by atoms with E-state index in [0.717, 1.165) is 52.8 Å². The predicted molar refractivity (Wildman–Crippen MR) is 190 cm³/mol. The number of benzene rings is 4. The van der Waals surface area contributed by atoms with Crippen LogP contribution in [0.3, 0.4) is 0 Å². The first-order valence-corrected chi connectivity index (χ1v) is 18.7. The van der Waals surface area contributed by atoms with E-state index in [0.29, 0.717) is 12.1 Å². The van der Waals surface area contributed by atoms with Gasteiger partial charge in [-0.3, -0.25) is 13.9 Å². The molecule has 1 fully saturated rings. The molecule has 1 saturated carbocycles. The van der Waals surface area contributed by atoms with Gasteiger partial charge in [-0.15, -0.1) is 11.8 Å². The number of rotatable bonds is 13. The number of carbonyl (C=O) groups excluding carboxylic acids is 2. The first kappa shape index (κ1) is 34.3. The first-order chi connectivity index (χ1) is 22.6. The number of aryl methyl sites for hydroxylation is 2. The second-order valence-corrected chi connectivity index (χ2v) is 15.0. The van der Waals surface area contributed by atoms with E-state index in [-0.39, 0.29) is 23.4 Å². The van der Waals surface area contributed by atoms with Gasteiger partial charge < -0.3 is 10.2 Å². The van der Waals surface area contributed by atoms with Crippen LogP contribution in [-0.4, -0.2) is 50.0 Å². The fourth-order valence-electron chi connectivity index (χ4n) is 6.04. The van der Waals surface area contributed by atoms with Crippen LogP contribution in [0.2, 0.25) is 0 Å². The minimum Gasteiger partial charge on any atom is -0.352 e. The van der Waals surface area contributed by atoms with Gasteiger partial charge in [0.1, 0.15) is 12.6 Å². The van der Waals surface area contributed by atoms with Gasteiger partial charge in [0, 0.05) is 23.9 Å². The number of anilines is 1. The lowest BCUT2D eigenvalue weighted by molar-refractivity contribution is -0.140. The highest BCUT2D eigenvalue weighted by molar-refractivity contribution is 7.98. The molecule has 2 amide bonds. The van der Waals surface area contributed by atoms with Crippen LogP contribution in [0.5, 0.6) is 0 Å². The summed E-state index contributed by atoms with van der Waals surface area (Å²) in [5.41, 5.74) is 4.15. The number of carbonyl (C=O) groups is 2. The van der Waals surface area contributed by atoms with Crippen molar-refractivity contribution < 1.29 is 18.0 Å². The largest absolute Gasteiger partial charge is 0.352 e. The monoisotopic (exact) mass is 669 g/mol. The minimum atomic E-state index is -4.15. The van der Waals surface area contributed by atoms with Crippen molar-refractivity contribution >= 4 is 39.3 Å². The van der Waals surface area contributed by atoms with Crippen LogP contribution in [0.15, 0.2) is 113 Å². The van der Waals surface area contributed by atoms with Gasteiger partial charge in [-0.1, -0.05) is 90.7 Å². The Hall–Kier alpha value is -4.08. The van der Waals surface area contributed by atoms with Crippen LogP contribution in [-0.2, 0) is 32.6 Å². The zero-order valence-corrected chi connectivity index (χ0v) is 28.9. The molecule has 1 aliphatic rings. The first-order valence-electron chi connectivity index (χ1n) is 16.1. The highest BCUT2D eigenvalue weighted by atomic mass is 32.2. The number of amides is 2. The van der Waals surface area contributed by atoms with E-state index in [1.54, 1.807) is 41.3 Å². The molecule has 4 aromatic carbocycles. The second kappa shape index (κ2) is 15.7. The Labute approximate surface area is 283 Å². The third-order valence-electron chi connectivity index (χ3n) is 8.66. The molecule has 246 valence electrons. The summed E-state index contributed by atoms with van der Waals surface area (Å²) in [5, 5.41) is 3.22. The molecule has 0 bridgehead atoms. The van der Waals surface area contributed by atoms with Crippen LogP contribution in [0.1, 0.15) is 47.9 Å². The molecule has 1 N–H and O–H groups in total. The molecular formula is C38H43N3O4S2. The van der Waals surface area contributed by atoms with E-state index in [4.69, 9.17) is 0 Å². The van der Waals surface area contributed by atoms with E-state index in [1.165, 1.54) is 16.1 Å². The Balaban J connectivity index is 1.56. The molecule has 0 heterocycles. The van der Waals surface area contributed by atoms with E-state index in [2.05, 4.69) is 5.32 Å². The molecule has 0 aliphatic heterocycles. The molecule has 0 spiro atoms. The van der Waals surface area contributed by atoms with Crippen molar-refractivity contribution in [3.63, 3.8) is 0 Å². The smallest absolute Gasteiger partial charge is 0.264 e. The second-order valence-electron chi connectivity index (χ2n) is 12.2. The lowest BCUT2D eigenvalue weighted by Crippen LogP contribution is -2.54. The molecule has 0 saturated heterocycles. The van der Waals surface area contributed by atoms with Gasteiger partial charge in [0.25, 0.3) is 10.0 Å². The van der Waals surface area contributed by atoms with Crippen LogP contribution in [0.4, 0.5) is 5.69 Å². The summed E-state index contributed by atoms with van der Waals surface area (Å²) in [6, 6.07) is 30.5. The number of hydrogen-bond acceptors (Lipinski definition) is 5. The summed E-state index contributed by atoms with van der Waals surface area (Å²) in [6.45, 7) is 3.59. The van der Waals surface area contributed by atoms with E-state index in [9.17, 15) is 18.0 Å². The van der Waals surface area contributed by atoms with Gasteiger partial charge in [0.15, 0.2) is 0 Å². The van der Waals surface area contributed by atoms with E-state index < -0.39 is 28.5 Å². The molecule has 0 unspecified atom stereocenters. The average molecular weight is 670 g/mol. The Bertz CT molecular complexity index is 1760. The zero-order chi connectivity index (χ0) is 33.4. The molecule has 5 rings (SSSR count). The van der Waals surface area contributed by atoms with Crippen LogP contribution in [0, 0.1) is 13.8 Å². The zero-order valence-electron chi connectivity index (χ0n) is 27.3. The standard InChI is InChI=1S/C38H43N3O4S2/c1-28-16-18-33(19-17-28)41(47(44,45)35-22-20-34(46-3)21-23-35)27-37(42)40(26-31-13-9-10-29(2)24-31)36(25-30-11-5-4-6-12-30)38(43)39-32-14-7-8-15-32/h4-6,9-13,16-24,32,36H,7-8,14-15,25-27H2,1-3H3,(H,39,43)/t36-/m1/s1. The van der Waals surface area contributed by atoms with Crippen LogP contribution in [0.25, 0.3) is 0 Å². The lowest BCUT2D eigenvalue weighted by Gasteiger charge is -2.34. The maximum Gasteiger partial charge on any atom is 0.264 e. The SMILES string of the molecule is CSc1ccc(S(=O)(=O)N(CC(=O)N(Cc2cccc(C)c2)[C@H](Cc2ccccc2)C(=O)NC2CCCC2)c2ccc(C)cc2)cc1. The lowest BCUT2D eigenvalue weighted by atomic mass is 10.0. The van der Waals surface area contributed by atoms with Crippen molar-refractivity contribution in [2.45, 2.75) is 74.4 Å². The van der Waals surface area contributed by atoms with Gasteiger partial charge in [-0.05, 0) is 80.5 Å². The van der Waals surface area contributed by atoms with Gasteiger partial charge in [-0.2, -0.15) is 0 Å². The van der Waals surface area contributed by atoms with Crippen LogP contribution < -0.4 is 9.62 Å². The fraction of sp³-hybridized carbons (Fsp3) is 0.316. The Kier molecular flexibility index (Phi) is 11.4. The average Bonchev–Trinajstić information content (AvgIpc) is 3.59. The van der Waals surface area contributed by atoms with Gasteiger partial charge >= 0.3 is 0 Å². The molecule has 1 atom stereocenters. The number of sulfonamides is 1. The summed E-state index contributed by atoms with van der Waals surface area (Å²) in [7, 11) is -4.15. The van der Waals surface area contributed by atoms with Crippen molar-refractivity contribution in [1.82, 2.24) is 10.2 Å². The third-order valence-corrected chi connectivity index (χ3v) is 11.2. The Morgan fingerprint density at radius 3 is 2.13 bits per heavy atom.